The largest absolute Gasteiger partial charge is 0.497 e. The number of aryl methyl sites for hydroxylation is 1. The Kier molecular flexibility index (Phi) is 4.17. The molecule has 0 aromatic heterocycles. The van der Waals surface area contributed by atoms with Gasteiger partial charge in [-0.15, -0.1) is 0 Å². The first-order valence-corrected chi connectivity index (χ1v) is 9.13. The number of rotatable bonds is 3. The van der Waals surface area contributed by atoms with Gasteiger partial charge in [-0.25, -0.2) is 8.42 Å². The van der Waals surface area contributed by atoms with Gasteiger partial charge in [0.05, 0.1) is 12.0 Å². The molecule has 0 saturated heterocycles. The van der Waals surface area contributed by atoms with E-state index in [1.54, 1.807) is 23.5 Å². The molecule has 0 saturated carbocycles. The first-order chi connectivity index (χ1) is 10.9. The second-order valence-corrected chi connectivity index (χ2v) is 7.73. The van der Waals surface area contributed by atoms with Crippen LogP contribution in [0, 0.1) is 6.92 Å². The minimum atomic E-state index is -3.51. The van der Waals surface area contributed by atoms with Crippen molar-refractivity contribution in [1.29, 1.82) is 0 Å². The quantitative estimate of drug-likeness (QED) is 0.867. The lowest BCUT2D eigenvalue weighted by atomic mass is 9.95. The molecular formula is C18H21NO3S. The topological polar surface area (TPSA) is 46.6 Å². The van der Waals surface area contributed by atoms with Gasteiger partial charge in [0.25, 0.3) is 0 Å². The summed E-state index contributed by atoms with van der Waals surface area (Å²) in [7, 11) is -1.89. The Morgan fingerprint density at radius 2 is 1.91 bits per heavy atom. The van der Waals surface area contributed by atoms with E-state index < -0.39 is 10.0 Å². The van der Waals surface area contributed by atoms with Crippen LogP contribution in [0.5, 0.6) is 5.75 Å². The molecule has 23 heavy (non-hydrogen) atoms. The molecule has 0 amide bonds. The van der Waals surface area contributed by atoms with Gasteiger partial charge in [0, 0.05) is 12.6 Å². The number of nitrogens with zero attached hydrogens (tertiary/aromatic N) is 1. The van der Waals surface area contributed by atoms with Gasteiger partial charge in [-0.3, -0.25) is 0 Å². The van der Waals surface area contributed by atoms with Gasteiger partial charge in [0.2, 0.25) is 10.0 Å². The van der Waals surface area contributed by atoms with Crippen molar-refractivity contribution in [2.24, 2.45) is 0 Å². The SMILES string of the molecule is COc1ccc2c(c1)C(C)N(S(=O)(=O)c1ccccc1C)CC2. The summed E-state index contributed by atoms with van der Waals surface area (Å²) in [6.07, 6.45) is 0.717. The maximum atomic E-state index is 13.1. The second-order valence-electron chi connectivity index (χ2n) is 5.87. The predicted molar refractivity (Wildman–Crippen MR) is 90.2 cm³/mol. The highest BCUT2D eigenvalue weighted by Gasteiger charge is 2.34. The molecule has 1 heterocycles. The fourth-order valence-corrected chi connectivity index (χ4v) is 5.04. The number of fused-ring (bicyclic) bond motifs is 1. The first-order valence-electron chi connectivity index (χ1n) is 7.69. The Hall–Kier alpha value is -1.85. The molecule has 0 N–H and O–H groups in total. The Bertz CT molecular complexity index is 830. The van der Waals surface area contributed by atoms with Crippen LogP contribution >= 0.6 is 0 Å². The molecule has 0 fully saturated rings. The van der Waals surface area contributed by atoms with Gasteiger partial charge in [-0.05, 0) is 55.2 Å². The Morgan fingerprint density at radius 1 is 1.17 bits per heavy atom. The summed E-state index contributed by atoms with van der Waals surface area (Å²) in [5.41, 5.74) is 2.98. The third kappa shape index (κ3) is 2.75. The molecule has 5 heteroatoms. The van der Waals surface area contributed by atoms with E-state index >= 15 is 0 Å². The first kappa shape index (κ1) is 16.0. The van der Waals surface area contributed by atoms with Gasteiger partial charge < -0.3 is 4.74 Å². The van der Waals surface area contributed by atoms with Crippen molar-refractivity contribution in [2.45, 2.75) is 31.2 Å². The van der Waals surface area contributed by atoms with Crippen molar-refractivity contribution < 1.29 is 13.2 Å². The van der Waals surface area contributed by atoms with Crippen LogP contribution in [-0.4, -0.2) is 26.4 Å². The summed E-state index contributed by atoms with van der Waals surface area (Å²) < 4.78 is 33.0. The highest BCUT2D eigenvalue weighted by molar-refractivity contribution is 7.89. The molecule has 122 valence electrons. The molecular weight excluding hydrogens is 310 g/mol. The van der Waals surface area contributed by atoms with E-state index in [9.17, 15) is 8.42 Å². The van der Waals surface area contributed by atoms with Crippen molar-refractivity contribution >= 4 is 10.0 Å². The minimum Gasteiger partial charge on any atom is -0.497 e. The molecule has 3 rings (SSSR count). The fourth-order valence-electron chi connectivity index (χ4n) is 3.20. The van der Waals surface area contributed by atoms with E-state index in [-0.39, 0.29) is 6.04 Å². The van der Waals surface area contributed by atoms with Gasteiger partial charge >= 0.3 is 0 Å². The fraction of sp³-hybridized carbons (Fsp3) is 0.333. The zero-order chi connectivity index (χ0) is 16.6. The van der Waals surface area contributed by atoms with Crippen LogP contribution in [0.4, 0.5) is 0 Å². The summed E-state index contributed by atoms with van der Waals surface area (Å²) in [5, 5.41) is 0. The number of sulfonamides is 1. The van der Waals surface area contributed by atoms with Crippen molar-refractivity contribution in [3.8, 4) is 5.75 Å². The summed E-state index contributed by atoms with van der Waals surface area (Å²) in [5.74, 6) is 0.755. The van der Waals surface area contributed by atoms with Crippen LogP contribution in [-0.2, 0) is 16.4 Å². The summed E-state index contributed by atoms with van der Waals surface area (Å²) in [6.45, 7) is 4.27. The lowest BCUT2D eigenvalue weighted by Crippen LogP contribution is -2.39. The summed E-state index contributed by atoms with van der Waals surface area (Å²) in [6, 6.07) is 12.8. The predicted octanol–water partition coefficient (Wildman–Crippen LogP) is 3.31. The van der Waals surface area contributed by atoms with Crippen molar-refractivity contribution in [3.63, 3.8) is 0 Å². The van der Waals surface area contributed by atoms with Gasteiger partial charge in [0.15, 0.2) is 0 Å². The van der Waals surface area contributed by atoms with E-state index in [2.05, 4.69) is 0 Å². The Balaban J connectivity index is 2.03. The van der Waals surface area contributed by atoms with E-state index in [4.69, 9.17) is 4.74 Å². The van der Waals surface area contributed by atoms with Gasteiger partial charge in [-0.2, -0.15) is 4.31 Å². The van der Waals surface area contributed by atoms with E-state index in [1.165, 1.54) is 5.56 Å². The zero-order valence-electron chi connectivity index (χ0n) is 13.6. The Labute approximate surface area is 137 Å². The third-order valence-electron chi connectivity index (χ3n) is 4.52. The lowest BCUT2D eigenvalue weighted by molar-refractivity contribution is 0.324. The zero-order valence-corrected chi connectivity index (χ0v) is 14.4. The molecule has 0 aliphatic carbocycles. The number of ether oxygens (including phenoxy) is 1. The average molecular weight is 331 g/mol. The van der Waals surface area contributed by atoms with E-state index in [1.807, 2.05) is 44.2 Å². The maximum Gasteiger partial charge on any atom is 0.243 e. The molecule has 2 aromatic carbocycles. The highest BCUT2D eigenvalue weighted by Crippen LogP contribution is 2.36. The van der Waals surface area contributed by atoms with Gasteiger partial charge in [-0.1, -0.05) is 24.3 Å². The third-order valence-corrected chi connectivity index (χ3v) is 6.65. The average Bonchev–Trinajstić information content (AvgIpc) is 2.55. The number of hydrogen-bond donors (Lipinski definition) is 0. The van der Waals surface area contributed by atoms with E-state index in [0.29, 0.717) is 11.4 Å². The lowest BCUT2D eigenvalue weighted by Gasteiger charge is -2.34. The van der Waals surface area contributed by atoms with Crippen LogP contribution in [0.2, 0.25) is 0 Å². The van der Waals surface area contributed by atoms with Gasteiger partial charge in [0.1, 0.15) is 5.75 Å². The maximum absolute atomic E-state index is 13.1. The molecule has 0 spiro atoms. The molecule has 1 aliphatic heterocycles. The second kappa shape index (κ2) is 5.98. The van der Waals surface area contributed by atoms with Crippen LogP contribution in [0.1, 0.15) is 29.7 Å². The number of benzene rings is 2. The molecule has 1 aliphatic rings. The highest BCUT2D eigenvalue weighted by atomic mass is 32.2. The van der Waals surface area contributed by atoms with Crippen molar-refractivity contribution in [2.75, 3.05) is 13.7 Å². The smallest absolute Gasteiger partial charge is 0.243 e. The standard InChI is InChI=1S/C18H21NO3S/c1-13-6-4-5-7-18(13)23(20,21)19-11-10-15-8-9-16(22-3)12-17(15)14(19)2/h4-9,12,14H,10-11H2,1-3H3. The van der Waals surface area contributed by atoms with Crippen LogP contribution in [0.3, 0.4) is 0 Å². The molecule has 2 aromatic rings. The van der Waals surface area contributed by atoms with Crippen molar-refractivity contribution in [1.82, 2.24) is 4.31 Å². The monoisotopic (exact) mass is 331 g/mol. The Morgan fingerprint density at radius 3 is 2.61 bits per heavy atom. The minimum absolute atomic E-state index is 0.210. The number of hydrogen-bond acceptors (Lipinski definition) is 3. The molecule has 1 atom stereocenters. The number of methoxy groups -OCH3 is 1. The molecule has 0 bridgehead atoms. The molecule has 4 nitrogen and oxygen atoms in total. The summed E-state index contributed by atoms with van der Waals surface area (Å²) >= 11 is 0. The van der Waals surface area contributed by atoms with Crippen LogP contribution in [0.15, 0.2) is 47.4 Å². The van der Waals surface area contributed by atoms with Crippen LogP contribution in [0.25, 0.3) is 0 Å². The molecule has 1 unspecified atom stereocenters. The van der Waals surface area contributed by atoms with E-state index in [0.717, 1.165) is 23.3 Å². The molecule has 0 radical (unpaired) electrons. The normalized spacial score (nSPS) is 18.5. The van der Waals surface area contributed by atoms with Crippen LogP contribution < -0.4 is 4.74 Å². The summed E-state index contributed by atoms with van der Waals surface area (Å²) in [4.78, 5) is 0.387. The van der Waals surface area contributed by atoms with Crippen molar-refractivity contribution in [3.05, 3.63) is 59.2 Å².